The number of rotatable bonds is 5. The van der Waals surface area contributed by atoms with Crippen molar-refractivity contribution in [2.45, 2.75) is 38.1 Å². The largest absolute Gasteiger partial charge is 0.324 e. The lowest BCUT2D eigenvalue weighted by molar-refractivity contribution is -0.116. The second-order valence-electron chi connectivity index (χ2n) is 6.91. The summed E-state index contributed by atoms with van der Waals surface area (Å²) in [5.41, 5.74) is 1.41. The highest BCUT2D eigenvalue weighted by Gasteiger charge is 2.31. The summed E-state index contributed by atoms with van der Waals surface area (Å²) in [4.78, 5) is 27.2. The topological polar surface area (TPSA) is 86.8 Å². The van der Waals surface area contributed by atoms with Gasteiger partial charge in [-0.1, -0.05) is 32.0 Å². The molecule has 0 bridgehead atoms. The molecule has 1 aliphatic rings. The van der Waals surface area contributed by atoms with Crippen molar-refractivity contribution in [2.24, 2.45) is 0 Å². The Kier molecular flexibility index (Phi) is 6.04. The number of para-hydroxylation sites is 2. The molecule has 2 aromatic carbocycles. The molecule has 0 saturated carbocycles. The molecule has 8 heteroatoms. The maximum Gasteiger partial charge on any atom is 0.258 e. The number of benzene rings is 2. The van der Waals surface area contributed by atoms with E-state index in [1.807, 2.05) is 0 Å². The Morgan fingerprint density at radius 1 is 1.14 bits per heavy atom. The highest BCUT2D eigenvalue weighted by Crippen LogP contribution is 2.32. The van der Waals surface area contributed by atoms with Crippen LogP contribution in [0.2, 0.25) is 0 Å². The maximum atomic E-state index is 13.4. The minimum atomic E-state index is -3.68. The van der Waals surface area contributed by atoms with Crippen LogP contribution < -0.4 is 10.2 Å². The zero-order valence-electron chi connectivity index (χ0n) is 16.8. The Morgan fingerprint density at radius 2 is 1.83 bits per heavy atom. The van der Waals surface area contributed by atoms with Crippen molar-refractivity contribution in [1.82, 2.24) is 4.31 Å². The van der Waals surface area contributed by atoms with Crippen molar-refractivity contribution in [3.05, 3.63) is 54.1 Å². The number of carbonyl (C=O) groups is 2. The van der Waals surface area contributed by atoms with Gasteiger partial charge in [-0.2, -0.15) is 4.31 Å². The molecule has 0 aromatic heterocycles. The molecule has 2 amide bonds. The minimum absolute atomic E-state index is 0.0806. The first-order chi connectivity index (χ1) is 13.8. The van der Waals surface area contributed by atoms with E-state index < -0.39 is 10.0 Å². The van der Waals surface area contributed by atoms with Gasteiger partial charge in [0.05, 0.1) is 16.3 Å². The normalized spacial score (nSPS) is 16.9. The number of fused-ring (bicyclic) bond motifs is 1. The van der Waals surface area contributed by atoms with E-state index >= 15 is 0 Å². The molecule has 0 aliphatic carbocycles. The van der Waals surface area contributed by atoms with Crippen molar-refractivity contribution in [1.29, 1.82) is 0 Å². The fourth-order valence-electron chi connectivity index (χ4n) is 3.54. The van der Waals surface area contributed by atoms with Crippen molar-refractivity contribution in [3.8, 4) is 0 Å². The van der Waals surface area contributed by atoms with Crippen LogP contribution in [0.1, 0.15) is 37.6 Å². The van der Waals surface area contributed by atoms with Crippen LogP contribution in [0, 0.1) is 0 Å². The predicted octanol–water partition coefficient (Wildman–Crippen LogP) is 3.09. The van der Waals surface area contributed by atoms with Crippen LogP contribution in [0.25, 0.3) is 0 Å². The third-order valence-electron chi connectivity index (χ3n) is 5.00. The lowest BCUT2D eigenvalue weighted by Crippen LogP contribution is -2.39. The van der Waals surface area contributed by atoms with Gasteiger partial charge in [-0.05, 0) is 37.3 Å². The molecule has 1 aliphatic heterocycles. The lowest BCUT2D eigenvalue weighted by atomic mass is 10.1. The highest BCUT2D eigenvalue weighted by atomic mass is 32.2. The number of nitrogens with zero attached hydrogens (tertiary/aromatic N) is 2. The van der Waals surface area contributed by atoms with Crippen LogP contribution in [0.4, 0.5) is 11.4 Å². The highest BCUT2D eigenvalue weighted by molar-refractivity contribution is 7.89. The second kappa shape index (κ2) is 8.34. The molecule has 0 fully saturated rings. The van der Waals surface area contributed by atoms with Gasteiger partial charge in [0.25, 0.3) is 5.91 Å². The first-order valence-corrected chi connectivity index (χ1v) is 11.1. The standard InChI is InChI=1S/C21H25N3O4S/c1-4-23(5-2)29(27,28)17-10-8-9-16(14-17)21(26)24-15(3)13-20(25)22-18-11-6-7-12-19(18)24/h6-12,14-15H,4-5,13H2,1-3H3,(H,22,25). The molecule has 7 nitrogen and oxygen atoms in total. The van der Waals surface area contributed by atoms with Gasteiger partial charge in [0.1, 0.15) is 0 Å². The molecule has 1 N–H and O–H groups in total. The first kappa shape index (κ1) is 21.0. The third-order valence-corrected chi connectivity index (χ3v) is 7.05. The molecule has 0 spiro atoms. The molecule has 29 heavy (non-hydrogen) atoms. The van der Waals surface area contributed by atoms with E-state index in [4.69, 9.17) is 0 Å². The molecule has 154 valence electrons. The van der Waals surface area contributed by atoms with Crippen LogP contribution in [0.15, 0.2) is 53.4 Å². The van der Waals surface area contributed by atoms with E-state index in [1.165, 1.54) is 16.4 Å². The average molecular weight is 416 g/mol. The van der Waals surface area contributed by atoms with Crippen LogP contribution in [0.3, 0.4) is 0 Å². The number of anilines is 2. The first-order valence-electron chi connectivity index (χ1n) is 9.62. The van der Waals surface area contributed by atoms with Gasteiger partial charge in [0, 0.05) is 31.1 Å². The summed E-state index contributed by atoms with van der Waals surface area (Å²) in [6.45, 7) is 6.05. The molecule has 0 saturated heterocycles. The Labute approximate surface area is 171 Å². The van der Waals surface area contributed by atoms with Crippen LogP contribution in [-0.2, 0) is 14.8 Å². The summed E-state index contributed by atoms with van der Waals surface area (Å²) in [5, 5.41) is 2.82. The Hall–Kier alpha value is -2.71. The van der Waals surface area contributed by atoms with Crippen LogP contribution >= 0.6 is 0 Å². The Morgan fingerprint density at radius 3 is 2.52 bits per heavy atom. The average Bonchev–Trinajstić information content (AvgIpc) is 2.82. The summed E-state index contributed by atoms with van der Waals surface area (Å²) >= 11 is 0. The summed E-state index contributed by atoms with van der Waals surface area (Å²) < 4.78 is 27.1. The monoisotopic (exact) mass is 415 g/mol. The van der Waals surface area contributed by atoms with Gasteiger partial charge in [-0.3, -0.25) is 9.59 Å². The van der Waals surface area contributed by atoms with Crippen LogP contribution in [0.5, 0.6) is 0 Å². The van der Waals surface area contributed by atoms with E-state index in [2.05, 4.69) is 5.32 Å². The van der Waals surface area contributed by atoms with E-state index in [0.29, 0.717) is 24.5 Å². The molecular weight excluding hydrogens is 390 g/mol. The SMILES string of the molecule is CCN(CC)S(=O)(=O)c1cccc(C(=O)N2c3ccccc3NC(=O)CC2C)c1. The summed E-state index contributed by atoms with van der Waals surface area (Å²) in [7, 11) is -3.68. The van der Waals surface area contributed by atoms with Gasteiger partial charge < -0.3 is 10.2 Å². The zero-order chi connectivity index (χ0) is 21.2. The quantitative estimate of drug-likeness (QED) is 0.813. The third kappa shape index (κ3) is 4.04. The molecule has 1 unspecified atom stereocenters. The number of hydrogen-bond donors (Lipinski definition) is 1. The van der Waals surface area contributed by atoms with E-state index in [1.54, 1.807) is 62.1 Å². The van der Waals surface area contributed by atoms with Crippen molar-refractivity contribution < 1.29 is 18.0 Å². The molecule has 1 heterocycles. The number of sulfonamides is 1. The smallest absolute Gasteiger partial charge is 0.258 e. The predicted molar refractivity (Wildman–Crippen MR) is 113 cm³/mol. The van der Waals surface area contributed by atoms with Gasteiger partial charge in [-0.15, -0.1) is 0 Å². The number of nitrogens with one attached hydrogen (secondary N) is 1. The van der Waals surface area contributed by atoms with Gasteiger partial charge in [-0.25, -0.2) is 8.42 Å². The molecule has 2 aromatic rings. The Bertz CT molecular complexity index is 1030. The number of hydrogen-bond acceptors (Lipinski definition) is 4. The maximum absolute atomic E-state index is 13.4. The summed E-state index contributed by atoms with van der Waals surface area (Å²) in [6, 6.07) is 12.8. The molecule has 3 rings (SSSR count). The van der Waals surface area contributed by atoms with Crippen molar-refractivity contribution >= 4 is 33.2 Å². The second-order valence-corrected chi connectivity index (χ2v) is 8.85. The van der Waals surface area contributed by atoms with Gasteiger partial charge in [0.15, 0.2) is 0 Å². The molecular formula is C21H25N3O4S. The van der Waals surface area contributed by atoms with Crippen LogP contribution in [-0.4, -0.2) is 43.7 Å². The van der Waals surface area contributed by atoms with E-state index in [0.717, 1.165) is 0 Å². The number of amides is 2. The minimum Gasteiger partial charge on any atom is -0.324 e. The van der Waals surface area contributed by atoms with Crippen molar-refractivity contribution in [3.63, 3.8) is 0 Å². The fraction of sp³-hybridized carbons (Fsp3) is 0.333. The number of carbonyl (C=O) groups excluding carboxylic acids is 2. The zero-order valence-corrected chi connectivity index (χ0v) is 17.6. The summed E-state index contributed by atoms with van der Waals surface area (Å²) in [5.74, 6) is -0.517. The van der Waals surface area contributed by atoms with Crippen molar-refractivity contribution in [2.75, 3.05) is 23.3 Å². The van der Waals surface area contributed by atoms with Gasteiger partial charge >= 0.3 is 0 Å². The molecule has 0 radical (unpaired) electrons. The van der Waals surface area contributed by atoms with Gasteiger partial charge in [0.2, 0.25) is 15.9 Å². The molecule has 1 atom stereocenters. The Balaban J connectivity index is 2.04. The van der Waals surface area contributed by atoms with E-state index in [-0.39, 0.29) is 34.7 Å². The fourth-order valence-corrected chi connectivity index (χ4v) is 5.04. The summed E-state index contributed by atoms with van der Waals surface area (Å²) in [6.07, 6.45) is 0.151. The van der Waals surface area contributed by atoms with E-state index in [9.17, 15) is 18.0 Å². The lowest BCUT2D eigenvalue weighted by Gasteiger charge is -2.28.